The summed E-state index contributed by atoms with van der Waals surface area (Å²) in [7, 11) is 0. The molecule has 2 N–H and O–H groups in total. The number of nitrogens with zero attached hydrogens (tertiary/aromatic N) is 2. The molecule has 0 aliphatic carbocycles. The van der Waals surface area contributed by atoms with E-state index in [4.69, 9.17) is 23.2 Å². The smallest absolute Gasteiger partial charge is 0.152 e. The molecule has 6 heteroatoms. The van der Waals surface area contributed by atoms with Crippen LogP contribution in [0.2, 0.25) is 10.3 Å². The molecule has 0 saturated heterocycles. The van der Waals surface area contributed by atoms with Crippen LogP contribution >= 0.6 is 23.2 Å². The quantitative estimate of drug-likeness (QED) is 0.778. The molecule has 0 unspecified atom stereocenters. The van der Waals surface area contributed by atoms with Crippen LogP contribution in [0.1, 0.15) is 36.8 Å². The van der Waals surface area contributed by atoms with Gasteiger partial charge in [-0.3, -0.25) is 0 Å². The summed E-state index contributed by atoms with van der Waals surface area (Å²) < 4.78 is 0. The van der Waals surface area contributed by atoms with Crippen LogP contribution in [0.4, 0.5) is 5.69 Å². The first-order chi connectivity index (χ1) is 9.60. The number of hydrogen-bond donors (Lipinski definition) is 2. The zero-order valence-electron chi connectivity index (χ0n) is 11.6. The average molecular weight is 313 g/mol. The molecule has 0 bridgehead atoms. The number of pyridine rings is 1. The third-order valence-electron chi connectivity index (χ3n) is 2.98. The van der Waals surface area contributed by atoms with Crippen molar-refractivity contribution in [3.63, 3.8) is 0 Å². The number of anilines is 1. The van der Waals surface area contributed by atoms with Gasteiger partial charge in [0.1, 0.15) is 5.82 Å². The Labute approximate surface area is 128 Å². The standard InChI is InChI=1S/C14H18Cl2N4/c1-3-4-5-12-19-11(14(16)20-12)8-17-10-6-9(2)7-18-13(10)15/h6-7,17H,3-5,8H2,1-2H3,(H,19,20). The molecule has 0 aliphatic heterocycles. The van der Waals surface area contributed by atoms with Gasteiger partial charge in [-0.05, 0) is 25.0 Å². The van der Waals surface area contributed by atoms with Crippen molar-refractivity contribution in [1.29, 1.82) is 0 Å². The van der Waals surface area contributed by atoms with E-state index in [1.54, 1.807) is 6.20 Å². The maximum atomic E-state index is 6.13. The Hall–Kier alpha value is -1.26. The molecule has 0 spiro atoms. The van der Waals surface area contributed by atoms with Crippen molar-refractivity contribution in [3.8, 4) is 0 Å². The first-order valence-electron chi connectivity index (χ1n) is 6.69. The van der Waals surface area contributed by atoms with Crippen LogP contribution in [-0.4, -0.2) is 15.0 Å². The number of halogens is 2. The molecule has 2 rings (SSSR count). The van der Waals surface area contributed by atoms with E-state index in [0.717, 1.165) is 42.0 Å². The van der Waals surface area contributed by atoms with Crippen molar-refractivity contribution < 1.29 is 0 Å². The van der Waals surface area contributed by atoms with Gasteiger partial charge in [-0.25, -0.2) is 9.97 Å². The minimum atomic E-state index is 0.456. The highest BCUT2D eigenvalue weighted by Gasteiger charge is 2.09. The van der Waals surface area contributed by atoms with Crippen LogP contribution in [-0.2, 0) is 13.0 Å². The fourth-order valence-electron chi connectivity index (χ4n) is 1.88. The number of unbranched alkanes of at least 4 members (excludes halogenated alkanes) is 1. The first kappa shape index (κ1) is 15.1. The van der Waals surface area contributed by atoms with Crippen LogP contribution in [0.3, 0.4) is 0 Å². The minimum absolute atomic E-state index is 0.456. The van der Waals surface area contributed by atoms with Gasteiger partial charge in [0.25, 0.3) is 0 Å². The zero-order valence-corrected chi connectivity index (χ0v) is 13.1. The Kier molecular flexibility index (Phi) is 5.26. The SMILES string of the molecule is CCCCc1nc(Cl)c(CNc2cc(C)cnc2Cl)[nH]1. The number of H-pyrrole nitrogens is 1. The molecule has 2 heterocycles. The van der Waals surface area contributed by atoms with E-state index in [2.05, 4.69) is 27.2 Å². The van der Waals surface area contributed by atoms with Crippen LogP contribution in [0.15, 0.2) is 12.3 Å². The number of imidazole rings is 1. The average Bonchev–Trinajstić information content (AvgIpc) is 2.78. The molecule has 0 radical (unpaired) electrons. The lowest BCUT2D eigenvalue weighted by Crippen LogP contribution is -2.02. The van der Waals surface area contributed by atoms with Crippen molar-refractivity contribution in [1.82, 2.24) is 15.0 Å². The molecular formula is C14H18Cl2N4. The molecule has 4 nitrogen and oxygen atoms in total. The predicted molar refractivity (Wildman–Crippen MR) is 83.5 cm³/mol. The molecule has 108 valence electrons. The van der Waals surface area contributed by atoms with Gasteiger partial charge in [-0.2, -0.15) is 0 Å². The second kappa shape index (κ2) is 6.95. The highest BCUT2D eigenvalue weighted by molar-refractivity contribution is 6.32. The summed E-state index contributed by atoms with van der Waals surface area (Å²) >= 11 is 12.2. The predicted octanol–water partition coefficient (Wildman–Crippen LogP) is 4.37. The maximum absolute atomic E-state index is 6.13. The topological polar surface area (TPSA) is 53.6 Å². The van der Waals surface area contributed by atoms with Gasteiger partial charge in [0.05, 0.1) is 17.9 Å². The van der Waals surface area contributed by atoms with E-state index < -0.39 is 0 Å². The lowest BCUT2D eigenvalue weighted by molar-refractivity contribution is 0.760. The fraction of sp³-hybridized carbons (Fsp3) is 0.429. The van der Waals surface area contributed by atoms with Gasteiger partial charge in [-0.15, -0.1) is 0 Å². The van der Waals surface area contributed by atoms with Crippen molar-refractivity contribution in [2.75, 3.05) is 5.32 Å². The minimum Gasteiger partial charge on any atom is -0.377 e. The normalized spacial score (nSPS) is 10.8. The highest BCUT2D eigenvalue weighted by Crippen LogP contribution is 2.22. The number of aromatic amines is 1. The van der Waals surface area contributed by atoms with Gasteiger partial charge < -0.3 is 10.3 Å². The Morgan fingerprint density at radius 1 is 1.30 bits per heavy atom. The molecule has 0 atom stereocenters. The maximum Gasteiger partial charge on any atom is 0.152 e. The van der Waals surface area contributed by atoms with Gasteiger partial charge in [0.15, 0.2) is 10.3 Å². The van der Waals surface area contributed by atoms with E-state index in [1.165, 1.54) is 0 Å². The summed E-state index contributed by atoms with van der Waals surface area (Å²) in [5.41, 5.74) is 2.72. The number of aryl methyl sites for hydroxylation is 2. The van der Waals surface area contributed by atoms with E-state index in [1.807, 2.05) is 13.0 Å². The number of aromatic nitrogens is 3. The molecule has 0 aromatic carbocycles. The Morgan fingerprint density at radius 3 is 2.85 bits per heavy atom. The molecule has 0 fully saturated rings. The van der Waals surface area contributed by atoms with Gasteiger partial charge >= 0.3 is 0 Å². The second-order valence-electron chi connectivity index (χ2n) is 4.76. The van der Waals surface area contributed by atoms with E-state index >= 15 is 0 Å². The lowest BCUT2D eigenvalue weighted by atomic mass is 10.2. The highest BCUT2D eigenvalue weighted by atomic mass is 35.5. The van der Waals surface area contributed by atoms with Crippen LogP contribution in [0.25, 0.3) is 0 Å². The summed E-state index contributed by atoms with van der Waals surface area (Å²) in [6.45, 7) is 4.67. The first-order valence-corrected chi connectivity index (χ1v) is 7.45. The van der Waals surface area contributed by atoms with E-state index in [0.29, 0.717) is 16.9 Å². The van der Waals surface area contributed by atoms with Crippen molar-refractivity contribution >= 4 is 28.9 Å². The van der Waals surface area contributed by atoms with Crippen LogP contribution in [0.5, 0.6) is 0 Å². The Bertz CT molecular complexity index is 581. The van der Waals surface area contributed by atoms with Gasteiger partial charge in [-0.1, -0.05) is 36.5 Å². The summed E-state index contributed by atoms with van der Waals surface area (Å²) in [5.74, 6) is 0.933. The number of nitrogens with one attached hydrogen (secondary N) is 2. The second-order valence-corrected chi connectivity index (χ2v) is 5.48. The van der Waals surface area contributed by atoms with Crippen molar-refractivity contribution in [2.45, 2.75) is 39.7 Å². The summed E-state index contributed by atoms with van der Waals surface area (Å²) in [6.07, 6.45) is 4.89. The van der Waals surface area contributed by atoms with Crippen molar-refractivity contribution in [2.24, 2.45) is 0 Å². The fourth-order valence-corrected chi connectivity index (χ4v) is 2.27. The third kappa shape index (κ3) is 3.87. The number of rotatable bonds is 6. The van der Waals surface area contributed by atoms with Gasteiger partial charge in [0, 0.05) is 12.6 Å². The van der Waals surface area contributed by atoms with E-state index in [9.17, 15) is 0 Å². The van der Waals surface area contributed by atoms with Crippen LogP contribution in [0, 0.1) is 6.92 Å². The Balaban J connectivity index is 2.03. The van der Waals surface area contributed by atoms with Gasteiger partial charge in [0.2, 0.25) is 0 Å². The molecule has 0 saturated carbocycles. The lowest BCUT2D eigenvalue weighted by Gasteiger charge is -2.07. The largest absolute Gasteiger partial charge is 0.377 e. The molecule has 0 aliphatic rings. The molecule has 20 heavy (non-hydrogen) atoms. The molecular weight excluding hydrogens is 295 g/mol. The summed E-state index contributed by atoms with van der Waals surface area (Å²) in [5, 5.41) is 4.20. The molecule has 2 aromatic rings. The zero-order chi connectivity index (χ0) is 14.5. The monoisotopic (exact) mass is 312 g/mol. The molecule has 0 amide bonds. The number of hydrogen-bond acceptors (Lipinski definition) is 3. The molecule has 2 aromatic heterocycles. The summed E-state index contributed by atoms with van der Waals surface area (Å²) in [4.78, 5) is 11.7. The third-order valence-corrected chi connectivity index (χ3v) is 3.59. The summed E-state index contributed by atoms with van der Waals surface area (Å²) in [6, 6.07) is 1.96. The van der Waals surface area contributed by atoms with Crippen LogP contribution < -0.4 is 5.32 Å². The van der Waals surface area contributed by atoms with Crippen molar-refractivity contribution in [3.05, 3.63) is 39.7 Å². The Morgan fingerprint density at radius 2 is 2.10 bits per heavy atom. The van der Waals surface area contributed by atoms with E-state index in [-0.39, 0.29) is 0 Å².